The fourth-order valence-electron chi connectivity index (χ4n) is 3.40. The van der Waals surface area contributed by atoms with E-state index in [1.54, 1.807) is 0 Å². The van der Waals surface area contributed by atoms with Crippen molar-refractivity contribution in [3.05, 3.63) is 76.6 Å². The smallest absolute Gasteiger partial charge is 0.303 e. The van der Waals surface area contributed by atoms with Gasteiger partial charge in [0, 0.05) is 31.1 Å². The summed E-state index contributed by atoms with van der Waals surface area (Å²) in [6.07, 6.45) is 1.98. The number of carbonyl (C=O) groups excluding carboxylic acids is 1. The third kappa shape index (κ3) is 5.45. The van der Waals surface area contributed by atoms with Gasteiger partial charge in [-0.15, -0.1) is 0 Å². The monoisotopic (exact) mass is 419 g/mol. The summed E-state index contributed by atoms with van der Waals surface area (Å²) >= 11 is 0. The van der Waals surface area contributed by atoms with Crippen LogP contribution in [0.1, 0.15) is 36.0 Å². The first kappa shape index (κ1) is 22.0. The Kier molecular flexibility index (Phi) is 7.32. The van der Waals surface area contributed by atoms with E-state index in [9.17, 15) is 14.4 Å². The molecule has 160 valence electrons. The first-order chi connectivity index (χ1) is 15.0. The van der Waals surface area contributed by atoms with Crippen LogP contribution >= 0.6 is 0 Å². The molecule has 0 atom stereocenters. The van der Waals surface area contributed by atoms with Gasteiger partial charge in [0.2, 0.25) is 0 Å². The topological polar surface area (TPSA) is 101 Å². The number of aryl methyl sites for hydroxylation is 1. The number of aliphatic carboxylic acids is 1. The Balaban J connectivity index is 1.97. The Hall–Kier alpha value is -3.74. The van der Waals surface area contributed by atoms with Crippen molar-refractivity contribution in [2.45, 2.75) is 25.7 Å². The minimum absolute atomic E-state index is 0.0492. The molecule has 0 fully saturated rings. The lowest BCUT2D eigenvalue weighted by Gasteiger charge is -2.16. The molecule has 0 radical (unpaired) electrons. The molecule has 3 aromatic rings. The maximum Gasteiger partial charge on any atom is 0.303 e. The summed E-state index contributed by atoms with van der Waals surface area (Å²) in [4.78, 5) is 36.7. The molecule has 1 heterocycles. The molecule has 0 aliphatic rings. The number of amides is 1. The molecule has 1 amide bonds. The van der Waals surface area contributed by atoms with Crippen LogP contribution in [0.15, 0.2) is 65.5 Å². The molecule has 0 aliphatic heterocycles. The summed E-state index contributed by atoms with van der Waals surface area (Å²) in [5.41, 5.74) is 2.17. The van der Waals surface area contributed by atoms with Crippen LogP contribution in [-0.4, -0.2) is 33.3 Å². The van der Waals surface area contributed by atoms with Crippen molar-refractivity contribution in [3.63, 3.8) is 0 Å². The van der Waals surface area contributed by atoms with Gasteiger partial charge in [-0.3, -0.25) is 14.4 Å². The van der Waals surface area contributed by atoms with Gasteiger partial charge in [-0.05, 0) is 18.4 Å². The number of unbranched alkanes of at least 4 members (excludes halogenated alkanes) is 2. The fraction of sp³-hybridized carbons (Fsp3) is 0.250. The van der Waals surface area contributed by atoms with Gasteiger partial charge in [0.25, 0.3) is 11.5 Å². The first-order valence-electron chi connectivity index (χ1n) is 10.2. The van der Waals surface area contributed by atoms with Crippen molar-refractivity contribution in [1.29, 1.82) is 0 Å². The number of hydrogen-bond donors (Lipinski definition) is 2. The molecular formula is C24H25N3O4. The van der Waals surface area contributed by atoms with Crippen molar-refractivity contribution >= 4 is 11.9 Å². The zero-order valence-corrected chi connectivity index (χ0v) is 17.4. The van der Waals surface area contributed by atoms with E-state index < -0.39 is 17.4 Å². The molecule has 0 bridgehead atoms. The van der Waals surface area contributed by atoms with E-state index in [0.29, 0.717) is 37.1 Å². The Morgan fingerprint density at radius 1 is 0.935 bits per heavy atom. The quantitative estimate of drug-likeness (QED) is 0.517. The number of nitrogens with zero attached hydrogens (tertiary/aromatic N) is 2. The number of carbonyl (C=O) groups is 2. The van der Waals surface area contributed by atoms with Gasteiger partial charge < -0.3 is 10.4 Å². The van der Waals surface area contributed by atoms with Crippen LogP contribution in [-0.2, 0) is 11.8 Å². The summed E-state index contributed by atoms with van der Waals surface area (Å²) in [5, 5.41) is 16.0. The number of rotatable bonds is 9. The third-order valence-electron chi connectivity index (χ3n) is 4.93. The molecule has 2 aromatic carbocycles. The Morgan fingerprint density at radius 3 is 2.16 bits per heavy atom. The predicted molar refractivity (Wildman–Crippen MR) is 119 cm³/mol. The number of hydrogen-bond acceptors (Lipinski definition) is 4. The van der Waals surface area contributed by atoms with E-state index in [1.807, 2.05) is 60.7 Å². The average molecular weight is 419 g/mol. The number of carboxylic acid groups (broad SMARTS) is 1. The van der Waals surface area contributed by atoms with Gasteiger partial charge in [0.05, 0.1) is 5.69 Å². The second-order valence-electron chi connectivity index (χ2n) is 7.22. The Labute approximate surface area is 180 Å². The standard InChI is InChI=1S/C24H25N3O4/c1-27-24(31)21(23(30)25-16-10-4-9-15-19(28)29)20(17-11-5-2-6-12-17)22(26-27)18-13-7-3-8-14-18/h2-3,5-8,11-14H,4,9-10,15-16H2,1H3,(H,25,30)(H,28,29). The van der Waals surface area contributed by atoms with E-state index in [4.69, 9.17) is 5.11 Å². The van der Waals surface area contributed by atoms with E-state index in [1.165, 1.54) is 11.7 Å². The lowest BCUT2D eigenvalue weighted by atomic mass is 9.95. The highest BCUT2D eigenvalue weighted by atomic mass is 16.4. The summed E-state index contributed by atoms with van der Waals surface area (Å²) in [6.45, 7) is 0.360. The maximum atomic E-state index is 13.1. The van der Waals surface area contributed by atoms with Crippen LogP contribution in [0.2, 0.25) is 0 Å². The number of carboxylic acids is 1. The van der Waals surface area contributed by atoms with Gasteiger partial charge >= 0.3 is 5.97 Å². The van der Waals surface area contributed by atoms with Gasteiger partial charge in [-0.2, -0.15) is 5.10 Å². The van der Waals surface area contributed by atoms with Gasteiger partial charge in [0.1, 0.15) is 5.56 Å². The molecule has 31 heavy (non-hydrogen) atoms. The molecule has 7 heteroatoms. The Bertz CT molecular complexity index is 1110. The van der Waals surface area contributed by atoms with E-state index in [0.717, 1.165) is 11.1 Å². The van der Waals surface area contributed by atoms with Crippen molar-refractivity contribution < 1.29 is 14.7 Å². The number of benzene rings is 2. The highest BCUT2D eigenvalue weighted by Crippen LogP contribution is 2.31. The molecule has 1 aromatic heterocycles. The lowest BCUT2D eigenvalue weighted by molar-refractivity contribution is -0.137. The van der Waals surface area contributed by atoms with Crippen molar-refractivity contribution in [2.24, 2.45) is 7.05 Å². The number of aromatic nitrogens is 2. The van der Waals surface area contributed by atoms with E-state index >= 15 is 0 Å². The van der Waals surface area contributed by atoms with Crippen LogP contribution in [0.5, 0.6) is 0 Å². The van der Waals surface area contributed by atoms with Crippen LogP contribution in [0, 0.1) is 0 Å². The second-order valence-corrected chi connectivity index (χ2v) is 7.22. The van der Waals surface area contributed by atoms with Gasteiger partial charge in [-0.1, -0.05) is 67.1 Å². The average Bonchev–Trinajstić information content (AvgIpc) is 2.78. The largest absolute Gasteiger partial charge is 0.481 e. The van der Waals surface area contributed by atoms with E-state index in [2.05, 4.69) is 10.4 Å². The summed E-state index contributed by atoms with van der Waals surface area (Å²) in [6, 6.07) is 18.7. The van der Waals surface area contributed by atoms with Gasteiger partial charge in [0.15, 0.2) is 0 Å². The molecule has 0 saturated carbocycles. The third-order valence-corrected chi connectivity index (χ3v) is 4.93. The molecule has 0 unspecified atom stereocenters. The summed E-state index contributed by atoms with van der Waals surface area (Å²) in [7, 11) is 1.53. The highest BCUT2D eigenvalue weighted by Gasteiger charge is 2.24. The molecule has 0 spiro atoms. The van der Waals surface area contributed by atoms with Crippen LogP contribution in [0.4, 0.5) is 0 Å². The highest BCUT2D eigenvalue weighted by molar-refractivity contribution is 6.03. The zero-order chi connectivity index (χ0) is 22.2. The van der Waals surface area contributed by atoms with Crippen molar-refractivity contribution in [2.75, 3.05) is 6.54 Å². The zero-order valence-electron chi connectivity index (χ0n) is 17.4. The SMILES string of the molecule is Cn1nc(-c2ccccc2)c(-c2ccccc2)c(C(=O)NCCCCCC(=O)O)c1=O. The van der Waals surface area contributed by atoms with Crippen LogP contribution < -0.4 is 10.9 Å². The lowest BCUT2D eigenvalue weighted by Crippen LogP contribution is -2.35. The van der Waals surface area contributed by atoms with E-state index in [-0.39, 0.29) is 12.0 Å². The minimum Gasteiger partial charge on any atom is -0.481 e. The molecule has 0 aliphatic carbocycles. The first-order valence-corrected chi connectivity index (χ1v) is 10.2. The van der Waals surface area contributed by atoms with Crippen LogP contribution in [0.3, 0.4) is 0 Å². The van der Waals surface area contributed by atoms with Crippen molar-refractivity contribution in [3.8, 4) is 22.4 Å². The fourth-order valence-corrected chi connectivity index (χ4v) is 3.40. The maximum absolute atomic E-state index is 13.1. The summed E-state index contributed by atoms with van der Waals surface area (Å²) < 4.78 is 1.19. The van der Waals surface area contributed by atoms with Gasteiger partial charge in [-0.25, -0.2) is 4.68 Å². The molecular weight excluding hydrogens is 394 g/mol. The summed E-state index contributed by atoms with van der Waals surface area (Å²) in [5.74, 6) is -1.29. The molecule has 3 rings (SSSR count). The second kappa shape index (κ2) is 10.3. The molecule has 0 saturated heterocycles. The number of nitrogens with one attached hydrogen (secondary N) is 1. The normalized spacial score (nSPS) is 10.6. The predicted octanol–water partition coefficient (Wildman–Crippen LogP) is 3.49. The van der Waals surface area contributed by atoms with Crippen LogP contribution in [0.25, 0.3) is 22.4 Å². The molecule has 7 nitrogen and oxygen atoms in total. The van der Waals surface area contributed by atoms with Crippen molar-refractivity contribution in [1.82, 2.24) is 15.1 Å². The molecule has 2 N–H and O–H groups in total. The minimum atomic E-state index is -0.828. The Morgan fingerprint density at radius 2 is 1.55 bits per heavy atom.